The molecule has 0 bridgehead atoms. The third kappa shape index (κ3) is 4.31. The number of ether oxygens (including phenoxy) is 1. The predicted octanol–water partition coefficient (Wildman–Crippen LogP) is 0.921. The number of nitrogens with one attached hydrogen (secondary N) is 2. The Balaban J connectivity index is 2.40. The van der Waals surface area contributed by atoms with Crippen LogP contribution in [0.3, 0.4) is 0 Å². The largest absolute Gasteiger partial charge is 0.494 e. The molecule has 0 saturated heterocycles. The van der Waals surface area contributed by atoms with E-state index in [0.717, 1.165) is 11.3 Å². The summed E-state index contributed by atoms with van der Waals surface area (Å²) in [7, 11) is 1.75. The average molecular weight is 222 g/mol. The summed E-state index contributed by atoms with van der Waals surface area (Å²) in [6.07, 6.45) is 0. The van der Waals surface area contributed by atoms with Crippen molar-refractivity contribution >= 4 is 5.91 Å². The molecule has 0 aliphatic carbocycles. The molecular weight excluding hydrogens is 204 g/mol. The van der Waals surface area contributed by atoms with E-state index in [9.17, 15) is 4.79 Å². The maximum Gasteiger partial charge on any atom is 0.234 e. The lowest BCUT2D eigenvalue weighted by molar-refractivity contribution is -0.120. The van der Waals surface area contributed by atoms with Gasteiger partial charge >= 0.3 is 0 Å². The summed E-state index contributed by atoms with van der Waals surface area (Å²) in [6.45, 7) is 3.51. The highest BCUT2D eigenvalue weighted by atomic mass is 16.5. The highest BCUT2D eigenvalue weighted by Gasteiger charge is 1.99. The van der Waals surface area contributed by atoms with Crippen LogP contribution in [0.4, 0.5) is 0 Å². The van der Waals surface area contributed by atoms with Gasteiger partial charge in [0.2, 0.25) is 5.91 Å². The molecule has 1 rings (SSSR count). The predicted molar refractivity (Wildman–Crippen MR) is 63.4 cm³/mol. The van der Waals surface area contributed by atoms with Gasteiger partial charge in [0, 0.05) is 6.54 Å². The molecule has 1 amide bonds. The van der Waals surface area contributed by atoms with Crippen molar-refractivity contribution in [2.45, 2.75) is 13.5 Å². The van der Waals surface area contributed by atoms with E-state index in [1.54, 1.807) is 7.05 Å². The van der Waals surface area contributed by atoms with Gasteiger partial charge < -0.3 is 15.4 Å². The summed E-state index contributed by atoms with van der Waals surface area (Å²) < 4.78 is 5.33. The Morgan fingerprint density at radius 3 is 2.56 bits per heavy atom. The molecule has 0 unspecified atom stereocenters. The SMILES string of the molecule is CCOc1ccc(CNC(=O)CNC)cc1. The molecule has 0 aliphatic heterocycles. The van der Waals surface area contributed by atoms with Gasteiger partial charge in [-0.05, 0) is 31.7 Å². The van der Waals surface area contributed by atoms with Crippen LogP contribution < -0.4 is 15.4 Å². The Labute approximate surface area is 96.0 Å². The first-order valence-corrected chi connectivity index (χ1v) is 5.39. The van der Waals surface area contributed by atoms with Crippen molar-refractivity contribution in [1.29, 1.82) is 0 Å². The van der Waals surface area contributed by atoms with Crippen LogP contribution in [0, 0.1) is 0 Å². The van der Waals surface area contributed by atoms with Crippen molar-refractivity contribution in [3.8, 4) is 5.75 Å². The van der Waals surface area contributed by atoms with E-state index in [1.807, 2.05) is 31.2 Å². The summed E-state index contributed by atoms with van der Waals surface area (Å²) in [5.74, 6) is 0.851. The van der Waals surface area contributed by atoms with E-state index < -0.39 is 0 Å². The third-order valence-corrected chi connectivity index (χ3v) is 2.06. The molecule has 0 saturated carbocycles. The molecule has 0 aromatic heterocycles. The first kappa shape index (κ1) is 12.5. The smallest absolute Gasteiger partial charge is 0.234 e. The van der Waals surface area contributed by atoms with E-state index in [2.05, 4.69) is 10.6 Å². The van der Waals surface area contributed by atoms with Crippen molar-refractivity contribution in [3.05, 3.63) is 29.8 Å². The number of hydrogen-bond acceptors (Lipinski definition) is 3. The minimum atomic E-state index is -0.00335. The molecule has 0 radical (unpaired) electrons. The normalized spacial score (nSPS) is 9.88. The number of carbonyl (C=O) groups is 1. The van der Waals surface area contributed by atoms with Crippen molar-refractivity contribution < 1.29 is 9.53 Å². The van der Waals surface area contributed by atoms with Gasteiger partial charge in [-0.1, -0.05) is 12.1 Å². The number of likely N-dealkylation sites (N-methyl/N-ethyl adjacent to an activating group) is 1. The average Bonchev–Trinajstić information content (AvgIpc) is 2.29. The monoisotopic (exact) mass is 222 g/mol. The number of amides is 1. The van der Waals surface area contributed by atoms with Crippen LogP contribution in [0.15, 0.2) is 24.3 Å². The Morgan fingerprint density at radius 1 is 1.31 bits per heavy atom. The number of benzene rings is 1. The van der Waals surface area contributed by atoms with Crippen LogP contribution in [0.1, 0.15) is 12.5 Å². The summed E-state index contributed by atoms with van der Waals surface area (Å²) in [4.78, 5) is 11.2. The van der Waals surface area contributed by atoms with Crippen LogP contribution in [-0.2, 0) is 11.3 Å². The molecule has 1 aromatic carbocycles. The van der Waals surface area contributed by atoms with Crippen molar-refractivity contribution in [1.82, 2.24) is 10.6 Å². The summed E-state index contributed by atoms with van der Waals surface area (Å²) in [6, 6.07) is 7.71. The third-order valence-electron chi connectivity index (χ3n) is 2.06. The van der Waals surface area contributed by atoms with Gasteiger partial charge in [0.1, 0.15) is 5.75 Å². The standard InChI is InChI=1S/C12H18N2O2/c1-3-16-11-6-4-10(5-7-11)8-14-12(15)9-13-2/h4-7,13H,3,8-9H2,1-2H3,(H,14,15). The van der Waals surface area contributed by atoms with Crippen molar-refractivity contribution in [2.75, 3.05) is 20.2 Å². The van der Waals surface area contributed by atoms with Crippen LogP contribution in [-0.4, -0.2) is 26.1 Å². The fourth-order valence-electron chi connectivity index (χ4n) is 1.29. The lowest BCUT2D eigenvalue weighted by Gasteiger charge is -2.06. The zero-order chi connectivity index (χ0) is 11.8. The molecule has 4 nitrogen and oxygen atoms in total. The van der Waals surface area contributed by atoms with Gasteiger partial charge in [0.15, 0.2) is 0 Å². The van der Waals surface area contributed by atoms with Gasteiger partial charge in [0.25, 0.3) is 0 Å². The zero-order valence-corrected chi connectivity index (χ0v) is 9.75. The van der Waals surface area contributed by atoms with E-state index >= 15 is 0 Å². The lowest BCUT2D eigenvalue weighted by atomic mass is 10.2. The van der Waals surface area contributed by atoms with E-state index in [4.69, 9.17) is 4.74 Å². The Hall–Kier alpha value is -1.55. The van der Waals surface area contributed by atoms with E-state index in [1.165, 1.54) is 0 Å². The second-order valence-corrected chi connectivity index (χ2v) is 3.38. The van der Waals surface area contributed by atoms with E-state index in [0.29, 0.717) is 19.7 Å². The second kappa shape index (κ2) is 6.85. The highest BCUT2D eigenvalue weighted by molar-refractivity contribution is 5.77. The summed E-state index contributed by atoms with van der Waals surface area (Å²) >= 11 is 0. The minimum absolute atomic E-state index is 0.00335. The van der Waals surface area contributed by atoms with Gasteiger partial charge in [-0.25, -0.2) is 0 Å². The van der Waals surface area contributed by atoms with Crippen LogP contribution in [0.5, 0.6) is 5.75 Å². The molecule has 1 aromatic rings. The molecule has 4 heteroatoms. The Morgan fingerprint density at radius 2 is 2.00 bits per heavy atom. The molecular formula is C12H18N2O2. The van der Waals surface area contributed by atoms with Crippen LogP contribution in [0.2, 0.25) is 0 Å². The molecule has 0 heterocycles. The fourth-order valence-corrected chi connectivity index (χ4v) is 1.29. The molecule has 0 atom stereocenters. The molecule has 16 heavy (non-hydrogen) atoms. The van der Waals surface area contributed by atoms with Crippen LogP contribution >= 0.6 is 0 Å². The molecule has 0 spiro atoms. The van der Waals surface area contributed by atoms with Crippen molar-refractivity contribution in [2.24, 2.45) is 0 Å². The maximum atomic E-state index is 11.2. The molecule has 2 N–H and O–H groups in total. The van der Waals surface area contributed by atoms with Gasteiger partial charge in [-0.15, -0.1) is 0 Å². The first-order valence-electron chi connectivity index (χ1n) is 5.39. The number of rotatable bonds is 6. The highest BCUT2D eigenvalue weighted by Crippen LogP contribution is 2.11. The first-order chi connectivity index (χ1) is 7.76. The second-order valence-electron chi connectivity index (χ2n) is 3.38. The quantitative estimate of drug-likeness (QED) is 0.752. The fraction of sp³-hybridized carbons (Fsp3) is 0.417. The Bertz CT molecular complexity index is 322. The molecule has 0 fully saturated rings. The molecule has 0 aliphatic rings. The van der Waals surface area contributed by atoms with Gasteiger partial charge in [-0.2, -0.15) is 0 Å². The molecule has 88 valence electrons. The topological polar surface area (TPSA) is 50.4 Å². The Kier molecular flexibility index (Phi) is 5.36. The number of hydrogen-bond donors (Lipinski definition) is 2. The zero-order valence-electron chi connectivity index (χ0n) is 9.75. The van der Waals surface area contributed by atoms with Gasteiger partial charge in [-0.3, -0.25) is 4.79 Å². The van der Waals surface area contributed by atoms with Gasteiger partial charge in [0.05, 0.1) is 13.2 Å². The maximum absolute atomic E-state index is 11.2. The lowest BCUT2D eigenvalue weighted by Crippen LogP contribution is -2.31. The summed E-state index contributed by atoms with van der Waals surface area (Å²) in [5.41, 5.74) is 1.06. The van der Waals surface area contributed by atoms with E-state index in [-0.39, 0.29) is 5.91 Å². The number of carbonyl (C=O) groups excluding carboxylic acids is 1. The van der Waals surface area contributed by atoms with Crippen molar-refractivity contribution in [3.63, 3.8) is 0 Å². The summed E-state index contributed by atoms with van der Waals surface area (Å²) in [5, 5.41) is 5.61. The van der Waals surface area contributed by atoms with Crippen LogP contribution in [0.25, 0.3) is 0 Å². The minimum Gasteiger partial charge on any atom is -0.494 e.